The zero-order valence-corrected chi connectivity index (χ0v) is 15.0. The summed E-state index contributed by atoms with van der Waals surface area (Å²) in [6, 6.07) is 9.47. The Morgan fingerprint density at radius 2 is 2.19 bits per heavy atom. The van der Waals surface area contributed by atoms with Crippen LogP contribution < -0.4 is 5.32 Å². The number of aromatic nitrogens is 2. The molecule has 1 aliphatic heterocycles. The molecule has 1 aromatic carbocycles. The van der Waals surface area contributed by atoms with Crippen LogP contribution in [0.2, 0.25) is 0 Å². The molecule has 2 aromatic rings. The molecule has 3 amide bonds. The van der Waals surface area contributed by atoms with Crippen LogP contribution in [0.15, 0.2) is 42.7 Å². The Hall–Kier alpha value is -2.87. The van der Waals surface area contributed by atoms with Gasteiger partial charge in [-0.25, -0.2) is 9.48 Å². The number of morpholine rings is 1. The number of benzene rings is 1. The van der Waals surface area contributed by atoms with Gasteiger partial charge in [-0.3, -0.25) is 4.79 Å². The standard InChI is InChI=1S/C18H23N5O3/c1-21(2)17(24)16-13-22(9-10-26-16)18(25)19-12-14-5-3-6-15(11-14)23-8-4-7-20-23/h3-8,11,16H,9-10,12-13H2,1-2H3,(H,19,25)/t16-/m0/s1. The first-order valence-corrected chi connectivity index (χ1v) is 8.49. The lowest BCUT2D eigenvalue weighted by Gasteiger charge is -2.33. The molecule has 0 unspecified atom stereocenters. The predicted molar refractivity (Wildman–Crippen MR) is 95.8 cm³/mol. The lowest BCUT2D eigenvalue weighted by Crippen LogP contribution is -2.53. The maximum Gasteiger partial charge on any atom is 0.317 e. The minimum Gasteiger partial charge on any atom is -0.365 e. The van der Waals surface area contributed by atoms with E-state index in [0.29, 0.717) is 19.7 Å². The largest absolute Gasteiger partial charge is 0.365 e. The average Bonchev–Trinajstić information content (AvgIpc) is 3.20. The number of nitrogens with one attached hydrogen (secondary N) is 1. The van der Waals surface area contributed by atoms with Crippen LogP contribution in [0.5, 0.6) is 0 Å². The second-order valence-corrected chi connectivity index (χ2v) is 6.32. The third-order valence-electron chi connectivity index (χ3n) is 4.19. The lowest BCUT2D eigenvalue weighted by molar-refractivity contribution is -0.145. The highest BCUT2D eigenvalue weighted by Crippen LogP contribution is 2.11. The minimum atomic E-state index is -0.604. The number of carbonyl (C=O) groups excluding carboxylic acids is 2. The van der Waals surface area contributed by atoms with Gasteiger partial charge in [0.1, 0.15) is 0 Å². The summed E-state index contributed by atoms with van der Waals surface area (Å²) < 4.78 is 7.25. The van der Waals surface area contributed by atoms with E-state index in [9.17, 15) is 9.59 Å². The second-order valence-electron chi connectivity index (χ2n) is 6.32. The summed E-state index contributed by atoms with van der Waals surface area (Å²) in [6.07, 6.45) is 2.98. The van der Waals surface area contributed by atoms with Crippen LogP contribution in [0.3, 0.4) is 0 Å². The Bertz CT molecular complexity index is 760. The van der Waals surface area contributed by atoms with Gasteiger partial charge in [0, 0.05) is 39.6 Å². The van der Waals surface area contributed by atoms with Crippen LogP contribution in [0.25, 0.3) is 5.69 Å². The Kier molecular flexibility index (Phi) is 5.52. The summed E-state index contributed by atoms with van der Waals surface area (Å²) in [4.78, 5) is 27.6. The van der Waals surface area contributed by atoms with E-state index in [2.05, 4.69) is 10.4 Å². The van der Waals surface area contributed by atoms with Crippen molar-refractivity contribution in [1.29, 1.82) is 0 Å². The van der Waals surface area contributed by atoms with Crippen molar-refractivity contribution in [2.24, 2.45) is 0 Å². The highest BCUT2D eigenvalue weighted by atomic mass is 16.5. The van der Waals surface area contributed by atoms with Crippen LogP contribution in [-0.4, -0.2) is 71.4 Å². The van der Waals surface area contributed by atoms with Crippen LogP contribution in [0.1, 0.15) is 5.56 Å². The number of hydrogen-bond donors (Lipinski definition) is 1. The minimum absolute atomic E-state index is 0.130. The van der Waals surface area contributed by atoms with Gasteiger partial charge in [0.05, 0.1) is 18.8 Å². The van der Waals surface area contributed by atoms with Crippen LogP contribution >= 0.6 is 0 Å². The van der Waals surface area contributed by atoms with E-state index in [1.54, 1.807) is 29.9 Å². The highest BCUT2D eigenvalue weighted by molar-refractivity contribution is 5.82. The summed E-state index contributed by atoms with van der Waals surface area (Å²) in [5.41, 5.74) is 1.91. The molecule has 138 valence electrons. The number of amides is 3. The summed E-state index contributed by atoms with van der Waals surface area (Å²) in [7, 11) is 3.36. The van der Waals surface area contributed by atoms with Gasteiger partial charge in [0.25, 0.3) is 5.91 Å². The van der Waals surface area contributed by atoms with Gasteiger partial charge >= 0.3 is 6.03 Å². The summed E-state index contributed by atoms with van der Waals surface area (Å²) >= 11 is 0. The number of ether oxygens (including phenoxy) is 1. The van der Waals surface area contributed by atoms with E-state index in [0.717, 1.165) is 11.3 Å². The normalized spacial score (nSPS) is 17.0. The molecule has 3 rings (SSSR count). The topological polar surface area (TPSA) is 79.7 Å². The van der Waals surface area contributed by atoms with Crippen molar-refractivity contribution in [3.8, 4) is 5.69 Å². The molecule has 0 bridgehead atoms. The number of carbonyl (C=O) groups is 2. The Morgan fingerprint density at radius 1 is 1.35 bits per heavy atom. The molecule has 1 saturated heterocycles. The number of urea groups is 1. The van der Waals surface area contributed by atoms with Crippen molar-refractivity contribution in [3.63, 3.8) is 0 Å². The second kappa shape index (κ2) is 8.01. The highest BCUT2D eigenvalue weighted by Gasteiger charge is 2.30. The first-order valence-electron chi connectivity index (χ1n) is 8.49. The summed E-state index contributed by atoms with van der Waals surface area (Å²) in [6.45, 7) is 1.48. The van der Waals surface area contributed by atoms with Gasteiger partial charge < -0.3 is 19.9 Å². The molecule has 8 heteroatoms. The van der Waals surface area contributed by atoms with Crippen molar-refractivity contribution in [1.82, 2.24) is 24.9 Å². The zero-order chi connectivity index (χ0) is 18.5. The molecule has 0 saturated carbocycles. The van der Waals surface area contributed by atoms with E-state index < -0.39 is 6.10 Å². The van der Waals surface area contributed by atoms with Gasteiger partial charge in [-0.15, -0.1) is 0 Å². The summed E-state index contributed by atoms with van der Waals surface area (Å²) in [5, 5.41) is 7.11. The quantitative estimate of drug-likeness (QED) is 0.881. The van der Waals surface area contributed by atoms with E-state index in [1.165, 1.54) is 4.90 Å². The summed E-state index contributed by atoms with van der Waals surface area (Å²) in [5.74, 6) is -0.130. The fourth-order valence-corrected chi connectivity index (χ4v) is 2.79. The molecule has 26 heavy (non-hydrogen) atoms. The predicted octanol–water partition coefficient (Wildman–Crippen LogP) is 0.871. The van der Waals surface area contributed by atoms with E-state index in [4.69, 9.17) is 4.74 Å². The van der Waals surface area contributed by atoms with Gasteiger partial charge in [0.2, 0.25) is 0 Å². The van der Waals surface area contributed by atoms with Gasteiger partial charge in [0.15, 0.2) is 6.10 Å². The van der Waals surface area contributed by atoms with Gasteiger partial charge in [-0.1, -0.05) is 12.1 Å². The SMILES string of the molecule is CN(C)C(=O)[C@@H]1CN(C(=O)NCc2cccc(-n3cccn3)c2)CCO1. The number of likely N-dealkylation sites (N-methyl/N-ethyl adjacent to an activating group) is 1. The van der Waals surface area contributed by atoms with Crippen LogP contribution in [-0.2, 0) is 16.1 Å². The Labute approximate surface area is 152 Å². The average molecular weight is 357 g/mol. The number of nitrogens with zero attached hydrogens (tertiary/aromatic N) is 4. The number of rotatable bonds is 4. The third kappa shape index (κ3) is 4.20. The Balaban J connectivity index is 1.57. The van der Waals surface area contributed by atoms with E-state index in [-0.39, 0.29) is 18.5 Å². The monoisotopic (exact) mass is 357 g/mol. The molecule has 0 radical (unpaired) electrons. The molecule has 1 aromatic heterocycles. The fourth-order valence-electron chi connectivity index (χ4n) is 2.79. The molecule has 1 N–H and O–H groups in total. The molecular weight excluding hydrogens is 334 g/mol. The zero-order valence-electron chi connectivity index (χ0n) is 15.0. The smallest absolute Gasteiger partial charge is 0.317 e. The molecule has 1 aliphatic rings. The Morgan fingerprint density at radius 3 is 2.92 bits per heavy atom. The lowest BCUT2D eigenvalue weighted by atomic mass is 10.2. The maximum absolute atomic E-state index is 12.4. The van der Waals surface area contributed by atoms with E-state index >= 15 is 0 Å². The maximum atomic E-state index is 12.4. The first-order chi connectivity index (χ1) is 12.5. The van der Waals surface area contributed by atoms with Crippen LogP contribution in [0.4, 0.5) is 4.79 Å². The molecule has 1 fully saturated rings. The third-order valence-corrected chi connectivity index (χ3v) is 4.19. The fraction of sp³-hybridized carbons (Fsp3) is 0.389. The first kappa shape index (κ1) is 17.9. The molecule has 0 spiro atoms. The van der Waals surface area contributed by atoms with Crippen molar-refractivity contribution < 1.29 is 14.3 Å². The van der Waals surface area contributed by atoms with Crippen molar-refractivity contribution >= 4 is 11.9 Å². The van der Waals surface area contributed by atoms with Gasteiger partial charge in [-0.05, 0) is 23.8 Å². The van der Waals surface area contributed by atoms with Crippen LogP contribution in [0, 0.1) is 0 Å². The van der Waals surface area contributed by atoms with Crippen molar-refractivity contribution in [2.75, 3.05) is 33.8 Å². The van der Waals surface area contributed by atoms with Crippen molar-refractivity contribution in [3.05, 3.63) is 48.3 Å². The molecular formula is C18H23N5O3. The van der Waals surface area contributed by atoms with Gasteiger partial charge in [-0.2, -0.15) is 5.10 Å². The molecule has 2 heterocycles. The molecule has 0 aliphatic carbocycles. The number of hydrogen-bond acceptors (Lipinski definition) is 4. The van der Waals surface area contributed by atoms with Crippen molar-refractivity contribution in [2.45, 2.75) is 12.6 Å². The van der Waals surface area contributed by atoms with E-state index in [1.807, 2.05) is 36.5 Å². The molecule has 8 nitrogen and oxygen atoms in total. The molecule has 1 atom stereocenters.